The zero-order valence-electron chi connectivity index (χ0n) is 14.7. The largest absolute Gasteiger partial charge is 0.494 e. The normalized spacial score (nSPS) is 14.6. The summed E-state index contributed by atoms with van der Waals surface area (Å²) in [4.78, 5) is 17.7. The van der Waals surface area contributed by atoms with Gasteiger partial charge in [0, 0.05) is 12.3 Å². The van der Waals surface area contributed by atoms with E-state index in [9.17, 15) is 18.0 Å². The number of hydrogen-bond donors (Lipinski definition) is 0. The fourth-order valence-corrected chi connectivity index (χ4v) is 2.69. The first-order valence-electron chi connectivity index (χ1n) is 8.54. The van der Waals surface area contributed by atoms with E-state index in [-0.39, 0.29) is 24.3 Å². The molecule has 1 aliphatic heterocycles. The third-order valence-electron chi connectivity index (χ3n) is 4.14. The summed E-state index contributed by atoms with van der Waals surface area (Å²) in [5, 5.41) is 0. The fourth-order valence-electron chi connectivity index (χ4n) is 2.69. The number of rotatable bonds is 6. The molecule has 0 spiro atoms. The van der Waals surface area contributed by atoms with Gasteiger partial charge in [-0.2, -0.15) is 13.2 Å². The monoisotopic (exact) mass is 380 g/mol. The van der Waals surface area contributed by atoms with Crippen molar-refractivity contribution in [2.45, 2.75) is 25.6 Å². The van der Waals surface area contributed by atoms with E-state index in [1.807, 2.05) is 31.2 Å². The molecule has 0 saturated carbocycles. The number of likely N-dealkylation sites (tertiary alicyclic amines) is 1. The number of pyridine rings is 1. The number of ether oxygens (including phenoxy) is 2. The maximum Gasteiger partial charge on any atom is 0.416 e. The van der Waals surface area contributed by atoms with Gasteiger partial charge >= 0.3 is 6.18 Å². The highest BCUT2D eigenvalue weighted by molar-refractivity contribution is 5.79. The quantitative estimate of drug-likeness (QED) is 0.772. The van der Waals surface area contributed by atoms with Crippen molar-refractivity contribution in [3.05, 3.63) is 53.7 Å². The number of carbonyl (C=O) groups excluding carboxylic acids is 1. The third kappa shape index (κ3) is 4.90. The Hall–Kier alpha value is -2.77. The first kappa shape index (κ1) is 19.0. The molecule has 5 nitrogen and oxygen atoms in total. The van der Waals surface area contributed by atoms with Crippen molar-refractivity contribution in [1.82, 2.24) is 9.88 Å². The van der Waals surface area contributed by atoms with Crippen molar-refractivity contribution in [2.24, 2.45) is 0 Å². The molecule has 0 N–H and O–H groups in total. The highest BCUT2D eigenvalue weighted by Gasteiger charge is 2.34. The zero-order valence-corrected chi connectivity index (χ0v) is 14.7. The standard InChI is InChI=1S/C19H19F3N2O3/c1-2-26-15-5-3-13(4-6-15)9-18(25)24-11-16(12-24)27-17-10-14(7-8-23-17)19(20,21)22/h3-8,10,16H,2,9,11-12H2,1H3. The minimum absolute atomic E-state index is 0.0592. The van der Waals surface area contributed by atoms with Gasteiger partial charge in [-0.05, 0) is 30.7 Å². The number of nitrogens with zero attached hydrogens (tertiary/aromatic N) is 2. The molecule has 1 aromatic carbocycles. The van der Waals surface area contributed by atoms with E-state index in [4.69, 9.17) is 9.47 Å². The van der Waals surface area contributed by atoms with Gasteiger partial charge in [0.1, 0.15) is 11.9 Å². The van der Waals surface area contributed by atoms with Gasteiger partial charge in [-0.1, -0.05) is 12.1 Å². The Morgan fingerprint density at radius 3 is 2.56 bits per heavy atom. The summed E-state index contributed by atoms with van der Waals surface area (Å²) in [7, 11) is 0. The first-order valence-corrected chi connectivity index (χ1v) is 8.54. The average molecular weight is 380 g/mol. The molecule has 1 amide bonds. The summed E-state index contributed by atoms with van der Waals surface area (Å²) in [6, 6.07) is 9.05. The Balaban J connectivity index is 1.48. The van der Waals surface area contributed by atoms with Crippen LogP contribution in [-0.4, -0.2) is 41.6 Å². The molecular weight excluding hydrogens is 361 g/mol. The molecule has 0 aliphatic carbocycles. The molecule has 2 heterocycles. The Labute approximate surface area is 154 Å². The maximum absolute atomic E-state index is 12.7. The Morgan fingerprint density at radius 1 is 1.22 bits per heavy atom. The molecule has 27 heavy (non-hydrogen) atoms. The van der Waals surface area contributed by atoms with E-state index >= 15 is 0 Å². The van der Waals surface area contributed by atoms with Crippen molar-refractivity contribution in [3.8, 4) is 11.6 Å². The second-order valence-corrected chi connectivity index (χ2v) is 6.17. The van der Waals surface area contributed by atoms with Crippen LogP contribution < -0.4 is 9.47 Å². The molecule has 2 aromatic rings. The van der Waals surface area contributed by atoms with E-state index in [0.717, 1.165) is 29.6 Å². The minimum atomic E-state index is -4.44. The SMILES string of the molecule is CCOc1ccc(CC(=O)N2CC(Oc3cc(C(F)(F)F)ccn3)C2)cc1. The van der Waals surface area contributed by atoms with Crippen LogP contribution in [0.4, 0.5) is 13.2 Å². The Kier molecular flexibility index (Phi) is 5.53. The smallest absolute Gasteiger partial charge is 0.416 e. The lowest BCUT2D eigenvalue weighted by Crippen LogP contribution is -2.56. The first-order chi connectivity index (χ1) is 12.8. The second-order valence-electron chi connectivity index (χ2n) is 6.17. The maximum atomic E-state index is 12.7. The molecule has 144 valence electrons. The molecule has 0 bridgehead atoms. The molecule has 1 saturated heterocycles. The van der Waals surface area contributed by atoms with Gasteiger partial charge in [0.25, 0.3) is 0 Å². The summed E-state index contributed by atoms with van der Waals surface area (Å²) in [5.74, 6) is 0.601. The van der Waals surface area contributed by atoms with Gasteiger partial charge in [0.2, 0.25) is 11.8 Å². The van der Waals surface area contributed by atoms with Gasteiger partial charge in [-0.15, -0.1) is 0 Å². The Morgan fingerprint density at radius 2 is 1.93 bits per heavy atom. The van der Waals surface area contributed by atoms with Crippen molar-refractivity contribution >= 4 is 5.91 Å². The van der Waals surface area contributed by atoms with Crippen molar-refractivity contribution in [3.63, 3.8) is 0 Å². The topological polar surface area (TPSA) is 51.7 Å². The van der Waals surface area contributed by atoms with E-state index in [0.29, 0.717) is 19.7 Å². The van der Waals surface area contributed by atoms with Crippen molar-refractivity contribution < 1.29 is 27.4 Å². The van der Waals surface area contributed by atoms with Gasteiger partial charge in [-0.3, -0.25) is 4.79 Å². The van der Waals surface area contributed by atoms with Gasteiger partial charge in [0.05, 0.1) is 31.7 Å². The lowest BCUT2D eigenvalue weighted by molar-refractivity contribution is -0.139. The Bertz CT molecular complexity index is 788. The van der Waals surface area contributed by atoms with Crippen LogP contribution in [-0.2, 0) is 17.4 Å². The van der Waals surface area contributed by atoms with E-state index in [1.165, 1.54) is 0 Å². The summed E-state index contributed by atoms with van der Waals surface area (Å²) in [5.41, 5.74) is 0.0580. The van der Waals surface area contributed by atoms with Crippen LogP contribution in [0.1, 0.15) is 18.1 Å². The third-order valence-corrected chi connectivity index (χ3v) is 4.14. The van der Waals surface area contributed by atoms with Crippen LogP contribution in [0.15, 0.2) is 42.6 Å². The number of halogens is 3. The molecular formula is C19H19F3N2O3. The molecule has 1 aliphatic rings. The summed E-state index contributed by atoms with van der Waals surface area (Å²) in [6.45, 7) is 3.13. The average Bonchev–Trinajstić information content (AvgIpc) is 2.59. The lowest BCUT2D eigenvalue weighted by Gasteiger charge is -2.38. The van der Waals surface area contributed by atoms with E-state index in [2.05, 4.69) is 4.98 Å². The molecule has 8 heteroatoms. The van der Waals surface area contributed by atoms with Crippen LogP contribution in [0.3, 0.4) is 0 Å². The predicted molar refractivity (Wildman–Crippen MR) is 91.6 cm³/mol. The van der Waals surface area contributed by atoms with Gasteiger partial charge in [0.15, 0.2) is 0 Å². The van der Waals surface area contributed by atoms with Crippen LogP contribution in [0.2, 0.25) is 0 Å². The molecule has 1 fully saturated rings. The molecule has 1 aromatic heterocycles. The fraction of sp³-hybridized carbons (Fsp3) is 0.368. The van der Waals surface area contributed by atoms with Crippen LogP contribution in [0, 0.1) is 0 Å². The molecule has 3 rings (SSSR count). The summed E-state index contributed by atoms with van der Waals surface area (Å²) < 4.78 is 48.9. The van der Waals surface area contributed by atoms with E-state index < -0.39 is 11.7 Å². The summed E-state index contributed by atoms with van der Waals surface area (Å²) in [6.07, 6.45) is -3.49. The van der Waals surface area contributed by atoms with Crippen molar-refractivity contribution in [2.75, 3.05) is 19.7 Å². The number of alkyl halides is 3. The van der Waals surface area contributed by atoms with Crippen LogP contribution in [0.5, 0.6) is 11.6 Å². The van der Waals surface area contributed by atoms with E-state index in [1.54, 1.807) is 4.90 Å². The number of aromatic nitrogens is 1. The van der Waals surface area contributed by atoms with Crippen LogP contribution in [0.25, 0.3) is 0 Å². The van der Waals surface area contributed by atoms with Gasteiger partial charge in [-0.25, -0.2) is 4.98 Å². The number of amides is 1. The second kappa shape index (κ2) is 7.85. The minimum Gasteiger partial charge on any atom is -0.494 e. The molecule has 0 atom stereocenters. The lowest BCUT2D eigenvalue weighted by atomic mass is 10.1. The zero-order chi connectivity index (χ0) is 19.4. The van der Waals surface area contributed by atoms with Crippen molar-refractivity contribution in [1.29, 1.82) is 0 Å². The van der Waals surface area contributed by atoms with Crippen LogP contribution >= 0.6 is 0 Å². The molecule has 0 radical (unpaired) electrons. The number of benzene rings is 1. The molecule has 0 unspecified atom stereocenters. The predicted octanol–water partition coefficient (Wildman–Crippen LogP) is 3.33. The highest BCUT2D eigenvalue weighted by atomic mass is 19.4. The summed E-state index contributed by atoms with van der Waals surface area (Å²) >= 11 is 0. The number of hydrogen-bond acceptors (Lipinski definition) is 4. The van der Waals surface area contributed by atoms with Gasteiger partial charge < -0.3 is 14.4 Å². The highest BCUT2D eigenvalue weighted by Crippen LogP contribution is 2.31. The number of carbonyl (C=O) groups is 1.